The Balaban J connectivity index is 3.42. The number of hydrogen-bond donors (Lipinski definition) is 1. The van der Waals surface area contributed by atoms with Crippen molar-refractivity contribution in [1.82, 2.24) is 0 Å². The molecule has 0 spiro atoms. The van der Waals surface area contributed by atoms with Crippen molar-refractivity contribution in [1.29, 1.82) is 0 Å². The minimum atomic E-state index is -0.903. The summed E-state index contributed by atoms with van der Waals surface area (Å²) >= 11 is 0. The van der Waals surface area contributed by atoms with Crippen LogP contribution in [0.3, 0.4) is 0 Å². The maximum atomic E-state index is 11.6. The Hall–Kier alpha value is -1.58. The third-order valence-corrected chi connectivity index (χ3v) is 5.67. The van der Waals surface area contributed by atoms with Gasteiger partial charge in [-0.15, -0.1) is 0 Å². The summed E-state index contributed by atoms with van der Waals surface area (Å²) in [6.07, 6.45) is 26.8. The molecule has 31 heavy (non-hydrogen) atoms. The third kappa shape index (κ3) is 21.4. The highest BCUT2D eigenvalue weighted by Crippen LogP contribution is 2.17. The summed E-state index contributed by atoms with van der Waals surface area (Å²) in [4.78, 5) is 22.9. The zero-order valence-corrected chi connectivity index (χ0v) is 20.1. The van der Waals surface area contributed by atoms with Crippen LogP contribution in [-0.4, -0.2) is 23.7 Å². The Labute approximate surface area is 191 Å². The summed E-state index contributed by atoms with van der Waals surface area (Å²) in [6, 6.07) is 0. The van der Waals surface area contributed by atoms with E-state index in [1.54, 1.807) is 0 Å². The lowest BCUT2D eigenvalue weighted by atomic mass is 9.97. The summed E-state index contributed by atoms with van der Waals surface area (Å²) in [5.41, 5.74) is 0. The highest BCUT2D eigenvalue weighted by atomic mass is 16.5. The van der Waals surface area contributed by atoms with Crippen molar-refractivity contribution in [2.24, 2.45) is 5.92 Å². The molecule has 0 aliphatic rings. The molecule has 0 heterocycles. The zero-order chi connectivity index (χ0) is 23.0. The summed E-state index contributed by atoms with van der Waals surface area (Å²) < 4.78 is 4.89. The standard InChI is InChI=1S/C27H48O4/c1-3-5-6-7-8-9-10-11-12-13-14-15-16-17-18-19-20-21-22-25(27(29)30)24-26(28)31-23-4-2/h4,6-7,25H,2-3,5,8-24H2,1H3,(H,29,30)/b7-6+. The maximum absolute atomic E-state index is 11.6. The van der Waals surface area contributed by atoms with E-state index in [1.807, 2.05) is 0 Å². The highest BCUT2D eigenvalue weighted by Gasteiger charge is 2.21. The molecule has 0 saturated heterocycles. The van der Waals surface area contributed by atoms with Crippen LogP contribution in [0.2, 0.25) is 0 Å². The van der Waals surface area contributed by atoms with Gasteiger partial charge in [-0.1, -0.05) is 115 Å². The summed E-state index contributed by atoms with van der Waals surface area (Å²) in [5, 5.41) is 9.26. The van der Waals surface area contributed by atoms with Gasteiger partial charge in [-0.3, -0.25) is 9.59 Å². The first-order valence-corrected chi connectivity index (χ1v) is 12.8. The van der Waals surface area contributed by atoms with Gasteiger partial charge in [0.15, 0.2) is 0 Å². The first-order chi connectivity index (χ1) is 15.1. The fourth-order valence-corrected chi connectivity index (χ4v) is 3.72. The number of carboxylic acid groups (broad SMARTS) is 1. The molecule has 0 aromatic heterocycles. The number of esters is 1. The van der Waals surface area contributed by atoms with Crippen LogP contribution in [0.1, 0.15) is 122 Å². The third-order valence-electron chi connectivity index (χ3n) is 5.67. The van der Waals surface area contributed by atoms with E-state index in [4.69, 9.17) is 4.74 Å². The fraction of sp³-hybridized carbons (Fsp3) is 0.778. The quantitative estimate of drug-likeness (QED) is 0.100. The molecule has 1 N–H and O–H groups in total. The molecular formula is C27H48O4. The van der Waals surface area contributed by atoms with E-state index in [0.29, 0.717) is 6.42 Å². The molecule has 0 saturated carbocycles. The minimum absolute atomic E-state index is 0.0425. The highest BCUT2D eigenvalue weighted by molar-refractivity contribution is 5.78. The van der Waals surface area contributed by atoms with Crippen molar-refractivity contribution >= 4 is 11.9 Å². The van der Waals surface area contributed by atoms with E-state index < -0.39 is 17.9 Å². The van der Waals surface area contributed by atoms with E-state index in [0.717, 1.165) is 19.3 Å². The van der Waals surface area contributed by atoms with Crippen LogP contribution in [0.4, 0.5) is 0 Å². The summed E-state index contributed by atoms with van der Waals surface area (Å²) in [5.74, 6) is -1.99. The largest absolute Gasteiger partial charge is 0.481 e. The maximum Gasteiger partial charge on any atom is 0.307 e. The van der Waals surface area contributed by atoms with Gasteiger partial charge in [0, 0.05) is 0 Å². The van der Waals surface area contributed by atoms with Crippen LogP contribution in [-0.2, 0) is 14.3 Å². The van der Waals surface area contributed by atoms with Crippen molar-refractivity contribution < 1.29 is 19.4 Å². The van der Waals surface area contributed by atoms with E-state index in [-0.39, 0.29) is 13.0 Å². The molecule has 4 heteroatoms. The molecule has 0 fully saturated rings. The van der Waals surface area contributed by atoms with Crippen molar-refractivity contribution in [3.8, 4) is 0 Å². The number of hydrogen-bond acceptors (Lipinski definition) is 3. The Morgan fingerprint density at radius 3 is 1.77 bits per heavy atom. The molecule has 0 radical (unpaired) electrons. The number of rotatable bonds is 23. The second kappa shape index (κ2) is 23.1. The minimum Gasteiger partial charge on any atom is -0.481 e. The normalized spacial score (nSPS) is 12.2. The van der Waals surface area contributed by atoms with Crippen LogP contribution >= 0.6 is 0 Å². The van der Waals surface area contributed by atoms with Gasteiger partial charge < -0.3 is 9.84 Å². The Kier molecular flexibility index (Phi) is 21.9. The topological polar surface area (TPSA) is 63.6 Å². The Morgan fingerprint density at radius 1 is 0.806 bits per heavy atom. The van der Waals surface area contributed by atoms with Gasteiger partial charge >= 0.3 is 11.9 Å². The van der Waals surface area contributed by atoms with Gasteiger partial charge in [-0.25, -0.2) is 0 Å². The average molecular weight is 437 g/mol. The van der Waals surface area contributed by atoms with E-state index in [9.17, 15) is 14.7 Å². The molecule has 0 bridgehead atoms. The zero-order valence-electron chi connectivity index (χ0n) is 20.1. The smallest absolute Gasteiger partial charge is 0.307 e. The number of carbonyl (C=O) groups is 2. The van der Waals surface area contributed by atoms with Gasteiger partial charge in [0.05, 0.1) is 12.3 Å². The second-order valence-corrected chi connectivity index (χ2v) is 8.64. The van der Waals surface area contributed by atoms with E-state index in [2.05, 4.69) is 25.7 Å². The van der Waals surface area contributed by atoms with Crippen LogP contribution in [0, 0.1) is 5.92 Å². The van der Waals surface area contributed by atoms with Gasteiger partial charge in [0.2, 0.25) is 0 Å². The molecule has 180 valence electrons. The molecule has 1 atom stereocenters. The van der Waals surface area contributed by atoms with E-state index >= 15 is 0 Å². The molecule has 0 aromatic carbocycles. The SMILES string of the molecule is C=CCOC(=O)CC(CCCCCCCCCCCCCCC/C=C/CCC)C(=O)O. The summed E-state index contributed by atoms with van der Waals surface area (Å²) in [6.45, 7) is 5.84. The number of allylic oxidation sites excluding steroid dienone is 2. The van der Waals surface area contributed by atoms with Gasteiger partial charge in [0.25, 0.3) is 0 Å². The molecular weight excluding hydrogens is 388 g/mol. The first-order valence-electron chi connectivity index (χ1n) is 12.8. The van der Waals surface area contributed by atoms with Crippen molar-refractivity contribution in [2.45, 2.75) is 122 Å². The lowest BCUT2D eigenvalue weighted by molar-refractivity contribution is -0.151. The molecule has 0 aromatic rings. The number of aliphatic carboxylic acids is 1. The van der Waals surface area contributed by atoms with Crippen LogP contribution in [0.15, 0.2) is 24.8 Å². The molecule has 4 nitrogen and oxygen atoms in total. The van der Waals surface area contributed by atoms with E-state index in [1.165, 1.54) is 89.5 Å². The Bertz CT molecular complexity index is 470. The van der Waals surface area contributed by atoms with Crippen molar-refractivity contribution in [2.75, 3.05) is 6.61 Å². The van der Waals surface area contributed by atoms with Gasteiger partial charge in [0.1, 0.15) is 6.61 Å². The first kappa shape index (κ1) is 29.4. The second-order valence-electron chi connectivity index (χ2n) is 8.64. The average Bonchev–Trinajstić information content (AvgIpc) is 2.75. The number of unbranched alkanes of at least 4 members (excludes halogenated alkanes) is 14. The predicted octanol–water partition coefficient (Wildman–Crippen LogP) is 8.01. The lowest BCUT2D eigenvalue weighted by Crippen LogP contribution is -2.19. The predicted molar refractivity (Wildman–Crippen MR) is 130 cm³/mol. The van der Waals surface area contributed by atoms with Crippen molar-refractivity contribution in [3.05, 3.63) is 24.8 Å². The molecule has 0 amide bonds. The lowest BCUT2D eigenvalue weighted by Gasteiger charge is -2.11. The van der Waals surface area contributed by atoms with Crippen LogP contribution in [0.25, 0.3) is 0 Å². The van der Waals surface area contributed by atoms with Crippen LogP contribution < -0.4 is 0 Å². The molecule has 0 aliphatic carbocycles. The number of carboxylic acids is 1. The molecule has 1 unspecified atom stereocenters. The number of carbonyl (C=O) groups excluding carboxylic acids is 1. The summed E-state index contributed by atoms with van der Waals surface area (Å²) in [7, 11) is 0. The monoisotopic (exact) mass is 436 g/mol. The van der Waals surface area contributed by atoms with Crippen molar-refractivity contribution in [3.63, 3.8) is 0 Å². The van der Waals surface area contributed by atoms with Gasteiger partial charge in [-0.05, 0) is 25.7 Å². The Morgan fingerprint density at radius 2 is 1.29 bits per heavy atom. The molecule has 0 rings (SSSR count). The fourth-order valence-electron chi connectivity index (χ4n) is 3.72. The van der Waals surface area contributed by atoms with Gasteiger partial charge in [-0.2, -0.15) is 0 Å². The molecule has 0 aliphatic heterocycles. The van der Waals surface area contributed by atoms with Crippen LogP contribution in [0.5, 0.6) is 0 Å². The number of ether oxygens (including phenoxy) is 1.